The highest BCUT2D eigenvalue weighted by molar-refractivity contribution is 7.99. The standard InChI is InChI=1S/C10H19NO3S/c1-10(8-14-2,9(12)13)11-4-3-6-15-7-5-11/h3-8H2,1-2H3,(H,12,13). The number of thioether (sulfide) groups is 1. The predicted octanol–water partition coefficient (Wildman–Crippen LogP) is 0.915. The third-order valence-electron chi connectivity index (χ3n) is 2.81. The van der Waals surface area contributed by atoms with Gasteiger partial charge in [-0.1, -0.05) is 0 Å². The number of carboxylic acids is 1. The van der Waals surface area contributed by atoms with Crippen molar-refractivity contribution in [2.24, 2.45) is 0 Å². The summed E-state index contributed by atoms with van der Waals surface area (Å²) in [6, 6.07) is 0. The van der Waals surface area contributed by atoms with E-state index in [1.54, 1.807) is 14.0 Å². The van der Waals surface area contributed by atoms with Gasteiger partial charge in [0.2, 0.25) is 0 Å². The van der Waals surface area contributed by atoms with Crippen LogP contribution in [0, 0.1) is 0 Å². The van der Waals surface area contributed by atoms with Crippen molar-refractivity contribution < 1.29 is 14.6 Å². The maximum atomic E-state index is 11.3. The summed E-state index contributed by atoms with van der Waals surface area (Å²) in [7, 11) is 1.55. The first kappa shape index (κ1) is 12.8. The number of aliphatic carboxylic acids is 1. The van der Waals surface area contributed by atoms with E-state index in [0.717, 1.165) is 31.0 Å². The maximum absolute atomic E-state index is 11.3. The number of hydrogen-bond donors (Lipinski definition) is 1. The Hall–Kier alpha value is -0.260. The Bertz CT molecular complexity index is 217. The molecule has 1 unspecified atom stereocenters. The summed E-state index contributed by atoms with van der Waals surface area (Å²) in [5.74, 6) is 1.34. The van der Waals surface area contributed by atoms with E-state index in [9.17, 15) is 9.90 Å². The van der Waals surface area contributed by atoms with Gasteiger partial charge in [0, 0.05) is 26.0 Å². The third kappa shape index (κ3) is 3.09. The van der Waals surface area contributed by atoms with Crippen LogP contribution in [0.5, 0.6) is 0 Å². The van der Waals surface area contributed by atoms with Gasteiger partial charge in [-0.05, 0) is 19.1 Å². The van der Waals surface area contributed by atoms with Crippen LogP contribution in [0.2, 0.25) is 0 Å². The van der Waals surface area contributed by atoms with Crippen LogP contribution in [0.15, 0.2) is 0 Å². The van der Waals surface area contributed by atoms with Crippen LogP contribution >= 0.6 is 11.8 Å². The highest BCUT2D eigenvalue weighted by atomic mass is 32.2. The molecule has 0 spiro atoms. The molecule has 4 nitrogen and oxygen atoms in total. The zero-order valence-electron chi connectivity index (χ0n) is 9.36. The topological polar surface area (TPSA) is 49.8 Å². The molecule has 1 fully saturated rings. The zero-order valence-corrected chi connectivity index (χ0v) is 10.2. The van der Waals surface area contributed by atoms with E-state index in [0.29, 0.717) is 0 Å². The lowest BCUT2D eigenvalue weighted by atomic mass is 10.0. The lowest BCUT2D eigenvalue weighted by molar-refractivity contribution is -0.154. The molecule has 1 heterocycles. The first-order chi connectivity index (χ1) is 7.11. The average molecular weight is 233 g/mol. The molecule has 5 heteroatoms. The number of hydrogen-bond acceptors (Lipinski definition) is 4. The van der Waals surface area contributed by atoms with E-state index in [1.165, 1.54) is 0 Å². The summed E-state index contributed by atoms with van der Waals surface area (Å²) in [5, 5.41) is 9.28. The van der Waals surface area contributed by atoms with Crippen LogP contribution in [0.25, 0.3) is 0 Å². The van der Waals surface area contributed by atoms with Crippen molar-refractivity contribution in [2.45, 2.75) is 18.9 Å². The smallest absolute Gasteiger partial charge is 0.326 e. The minimum Gasteiger partial charge on any atom is -0.480 e. The van der Waals surface area contributed by atoms with Gasteiger partial charge in [-0.2, -0.15) is 11.8 Å². The van der Waals surface area contributed by atoms with Crippen LogP contribution in [-0.4, -0.2) is 59.8 Å². The van der Waals surface area contributed by atoms with Gasteiger partial charge in [-0.3, -0.25) is 9.69 Å². The van der Waals surface area contributed by atoms with Crippen molar-refractivity contribution in [1.29, 1.82) is 0 Å². The van der Waals surface area contributed by atoms with Crippen molar-refractivity contribution in [2.75, 3.05) is 38.3 Å². The highest BCUT2D eigenvalue weighted by Gasteiger charge is 2.39. The van der Waals surface area contributed by atoms with Gasteiger partial charge in [0.05, 0.1) is 6.61 Å². The summed E-state index contributed by atoms with van der Waals surface area (Å²) >= 11 is 1.89. The van der Waals surface area contributed by atoms with Crippen LogP contribution < -0.4 is 0 Å². The fourth-order valence-corrected chi connectivity index (χ4v) is 2.70. The predicted molar refractivity (Wildman–Crippen MR) is 61.4 cm³/mol. The Morgan fingerprint density at radius 2 is 2.27 bits per heavy atom. The normalized spacial score (nSPS) is 23.1. The second-order valence-corrected chi connectivity index (χ2v) is 5.19. The molecule has 1 aliphatic rings. The van der Waals surface area contributed by atoms with Gasteiger partial charge in [0.15, 0.2) is 0 Å². The fraction of sp³-hybridized carbons (Fsp3) is 0.900. The van der Waals surface area contributed by atoms with Gasteiger partial charge < -0.3 is 9.84 Å². The van der Waals surface area contributed by atoms with Crippen molar-refractivity contribution in [3.63, 3.8) is 0 Å². The molecule has 0 aliphatic carbocycles. The summed E-state index contributed by atoms with van der Waals surface area (Å²) in [5.41, 5.74) is -0.875. The van der Waals surface area contributed by atoms with Gasteiger partial charge >= 0.3 is 5.97 Å². The molecule has 1 saturated heterocycles. The first-order valence-corrected chi connectivity index (χ1v) is 6.32. The third-order valence-corrected chi connectivity index (χ3v) is 3.85. The van der Waals surface area contributed by atoms with E-state index >= 15 is 0 Å². The lowest BCUT2D eigenvalue weighted by Gasteiger charge is -2.36. The van der Waals surface area contributed by atoms with Crippen LogP contribution in [0.3, 0.4) is 0 Å². The molecule has 0 saturated carbocycles. The van der Waals surface area contributed by atoms with Crippen LogP contribution in [0.4, 0.5) is 0 Å². The number of rotatable bonds is 4. The number of methoxy groups -OCH3 is 1. The van der Waals surface area contributed by atoms with Crippen molar-refractivity contribution in [1.82, 2.24) is 4.90 Å². The molecule has 0 bridgehead atoms. The molecule has 0 radical (unpaired) electrons. The Labute approximate surface area is 95.0 Å². The van der Waals surface area contributed by atoms with Crippen molar-refractivity contribution in [3.05, 3.63) is 0 Å². The van der Waals surface area contributed by atoms with Gasteiger partial charge in [-0.15, -0.1) is 0 Å². The first-order valence-electron chi connectivity index (χ1n) is 5.16. The minimum absolute atomic E-state index is 0.243. The lowest BCUT2D eigenvalue weighted by Crippen LogP contribution is -2.56. The van der Waals surface area contributed by atoms with Crippen molar-refractivity contribution in [3.8, 4) is 0 Å². The highest BCUT2D eigenvalue weighted by Crippen LogP contribution is 2.21. The maximum Gasteiger partial charge on any atom is 0.326 e. The summed E-state index contributed by atoms with van der Waals surface area (Å²) in [6.07, 6.45) is 1.05. The van der Waals surface area contributed by atoms with E-state index in [-0.39, 0.29) is 6.61 Å². The molecule has 0 aromatic heterocycles. The molecule has 0 aromatic rings. The average Bonchev–Trinajstić information content (AvgIpc) is 2.45. The second-order valence-electron chi connectivity index (χ2n) is 3.96. The van der Waals surface area contributed by atoms with E-state index in [1.807, 2.05) is 16.7 Å². The molecule has 1 atom stereocenters. The molecule has 1 rings (SSSR count). The molecular formula is C10H19NO3S. The number of carboxylic acid groups (broad SMARTS) is 1. The van der Waals surface area contributed by atoms with Crippen molar-refractivity contribution >= 4 is 17.7 Å². The Kier molecular flexibility index (Phi) is 4.89. The Morgan fingerprint density at radius 1 is 1.53 bits per heavy atom. The number of carbonyl (C=O) groups is 1. The summed E-state index contributed by atoms with van der Waals surface area (Å²) in [4.78, 5) is 13.3. The summed E-state index contributed by atoms with van der Waals surface area (Å²) < 4.78 is 5.03. The fourth-order valence-electron chi connectivity index (χ4n) is 1.81. The molecule has 88 valence electrons. The molecule has 0 amide bonds. The Balaban J connectivity index is 2.72. The van der Waals surface area contributed by atoms with Gasteiger partial charge in [0.25, 0.3) is 0 Å². The molecular weight excluding hydrogens is 214 g/mol. The summed E-state index contributed by atoms with van der Waals surface area (Å²) in [6.45, 7) is 3.66. The second kappa shape index (κ2) is 5.72. The van der Waals surface area contributed by atoms with E-state index in [4.69, 9.17) is 4.74 Å². The van der Waals surface area contributed by atoms with Crippen LogP contribution in [-0.2, 0) is 9.53 Å². The number of ether oxygens (including phenoxy) is 1. The van der Waals surface area contributed by atoms with Crippen LogP contribution in [0.1, 0.15) is 13.3 Å². The number of nitrogens with zero attached hydrogens (tertiary/aromatic N) is 1. The van der Waals surface area contributed by atoms with E-state index in [2.05, 4.69) is 0 Å². The van der Waals surface area contributed by atoms with Gasteiger partial charge in [0.1, 0.15) is 5.54 Å². The quantitative estimate of drug-likeness (QED) is 0.782. The zero-order chi connectivity index (χ0) is 11.3. The Morgan fingerprint density at radius 3 is 2.87 bits per heavy atom. The van der Waals surface area contributed by atoms with Gasteiger partial charge in [-0.25, -0.2) is 0 Å². The SMILES string of the molecule is COCC(C)(C(=O)O)N1CCCSCC1. The molecule has 15 heavy (non-hydrogen) atoms. The molecule has 1 N–H and O–H groups in total. The minimum atomic E-state index is -0.875. The largest absolute Gasteiger partial charge is 0.480 e. The van der Waals surface area contributed by atoms with E-state index < -0.39 is 11.5 Å². The monoisotopic (exact) mass is 233 g/mol. The molecule has 0 aromatic carbocycles. The molecule has 1 aliphatic heterocycles.